The van der Waals surface area contributed by atoms with Gasteiger partial charge in [-0.15, -0.1) is 0 Å². The Bertz CT molecular complexity index is 495. The number of benzene rings is 1. The molecule has 1 aliphatic heterocycles. The van der Waals surface area contributed by atoms with E-state index >= 15 is 0 Å². The normalized spacial score (nSPS) is 22.6. The zero-order valence-electron chi connectivity index (χ0n) is 13.6. The van der Waals surface area contributed by atoms with Crippen LogP contribution in [0.4, 0.5) is 0 Å². The quantitative estimate of drug-likeness (QED) is 0.872. The van der Waals surface area contributed by atoms with Crippen LogP contribution in [0.3, 0.4) is 0 Å². The molecule has 5 heteroatoms. The largest absolute Gasteiger partial charge is 0.493 e. The summed E-state index contributed by atoms with van der Waals surface area (Å²) in [5, 5.41) is 10.8. The van der Waals surface area contributed by atoms with Crippen LogP contribution in [-0.4, -0.2) is 49.5 Å². The Labute approximate surface area is 138 Å². The van der Waals surface area contributed by atoms with Gasteiger partial charge in [0.1, 0.15) is 0 Å². The Morgan fingerprint density at radius 1 is 1.36 bits per heavy atom. The molecule has 2 rings (SSSR count). The summed E-state index contributed by atoms with van der Waals surface area (Å²) in [5.41, 5.74) is 1.08. The molecule has 22 heavy (non-hydrogen) atoms. The highest BCUT2D eigenvalue weighted by Crippen LogP contribution is 2.37. The van der Waals surface area contributed by atoms with Crippen molar-refractivity contribution in [3.63, 3.8) is 0 Å². The molecule has 4 nitrogen and oxygen atoms in total. The van der Waals surface area contributed by atoms with E-state index in [9.17, 15) is 5.11 Å². The lowest BCUT2D eigenvalue weighted by atomic mass is 9.88. The fourth-order valence-electron chi connectivity index (χ4n) is 3.06. The minimum absolute atomic E-state index is 0.229. The van der Waals surface area contributed by atoms with Gasteiger partial charge in [0.25, 0.3) is 0 Å². The van der Waals surface area contributed by atoms with Crippen molar-refractivity contribution in [3.8, 4) is 11.5 Å². The van der Waals surface area contributed by atoms with Crippen LogP contribution >= 0.6 is 11.6 Å². The van der Waals surface area contributed by atoms with Crippen LogP contribution in [0.25, 0.3) is 0 Å². The molecule has 0 aromatic heterocycles. The van der Waals surface area contributed by atoms with Gasteiger partial charge < -0.3 is 19.5 Å². The van der Waals surface area contributed by atoms with Gasteiger partial charge in [0.05, 0.1) is 24.8 Å². The van der Waals surface area contributed by atoms with Crippen molar-refractivity contribution in [1.29, 1.82) is 0 Å². The minimum atomic E-state index is -0.251. The number of piperidine rings is 1. The van der Waals surface area contributed by atoms with E-state index in [0.717, 1.165) is 38.0 Å². The van der Waals surface area contributed by atoms with Crippen molar-refractivity contribution in [2.75, 3.05) is 33.4 Å². The van der Waals surface area contributed by atoms with Gasteiger partial charge in [-0.05, 0) is 44.0 Å². The van der Waals surface area contributed by atoms with E-state index in [1.54, 1.807) is 7.11 Å². The monoisotopic (exact) mass is 327 g/mol. The molecular formula is C17H26ClNO3. The lowest BCUT2D eigenvalue weighted by Gasteiger charge is -2.35. The van der Waals surface area contributed by atoms with Crippen LogP contribution < -0.4 is 9.47 Å². The summed E-state index contributed by atoms with van der Waals surface area (Å²) in [4.78, 5) is 2.38. The molecule has 1 aromatic carbocycles. The van der Waals surface area contributed by atoms with Crippen LogP contribution in [0.5, 0.6) is 11.5 Å². The van der Waals surface area contributed by atoms with Crippen LogP contribution in [0.15, 0.2) is 12.1 Å². The Morgan fingerprint density at radius 2 is 2.14 bits per heavy atom. The Morgan fingerprint density at radius 3 is 2.77 bits per heavy atom. The first kappa shape index (κ1) is 17.4. The Hall–Kier alpha value is -0.970. The second-order valence-electron chi connectivity index (χ2n) is 5.76. The van der Waals surface area contributed by atoms with Crippen molar-refractivity contribution < 1.29 is 14.6 Å². The smallest absolute Gasteiger partial charge is 0.179 e. The molecule has 2 unspecified atom stereocenters. The molecule has 1 N–H and O–H groups in total. The predicted octanol–water partition coefficient (Wildman–Crippen LogP) is 2.99. The predicted molar refractivity (Wildman–Crippen MR) is 89.1 cm³/mol. The van der Waals surface area contributed by atoms with E-state index in [1.165, 1.54) is 0 Å². The molecular weight excluding hydrogens is 302 g/mol. The summed E-state index contributed by atoms with van der Waals surface area (Å²) in [6.07, 6.45) is 1.37. The van der Waals surface area contributed by atoms with E-state index in [0.29, 0.717) is 23.1 Å². The summed E-state index contributed by atoms with van der Waals surface area (Å²) >= 11 is 6.32. The molecule has 1 aromatic rings. The average molecular weight is 328 g/mol. The zero-order valence-corrected chi connectivity index (χ0v) is 14.4. The van der Waals surface area contributed by atoms with Gasteiger partial charge in [-0.2, -0.15) is 0 Å². The third-order valence-corrected chi connectivity index (χ3v) is 4.58. The second kappa shape index (κ2) is 8.04. The van der Waals surface area contributed by atoms with Gasteiger partial charge in [0.15, 0.2) is 11.5 Å². The highest BCUT2D eigenvalue weighted by atomic mass is 35.5. The standard InChI is InChI=1S/C17H26ClNO3/c1-4-19-7-6-15(20)13(11-19)8-12-9-14(18)17(22-5-2)16(10-12)21-3/h9-10,13,15,20H,4-8,11H2,1-3H3. The van der Waals surface area contributed by atoms with Crippen molar-refractivity contribution in [1.82, 2.24) is 4.90 Å². The molecule has 0 bridgehead atoms. The molecule has 1 saturated heterocycles. The van der Waals surface area contributed by atoms with Crippen molar-refractivity contribution in [2.45, 2.75) is 32.8 Å². The number of hydrogen-bond donors (Lipinski definition) is 1. The fraction of sp³-hybridized carbons (Fsp3) is 0.647. The average Bonchev–Trinajstić information content (AvgIpc) is 2.51. The van der Waals surface area contributed by atoms with E-state index in [1.807, 2.05) is 19.1 Å². The number of ether oxygens (including phenoxy) is 2. The van der Waals surface area contributed by atoms with E-state index in [4.69, 9.17) is 21.1 Å². The maximum Gasteiger partial charge on any atom is 0.179 e. The number of aliphatic hydroxyl groups excluding tert-OH is 1. The van der Waals surface area contributed by atoms with Gasteiger partial charge >= 0.3 is 0 Å². The number of rotatable bonds is 6. The highest BCUT2D eigenvalue weighted by molar-refractivity contribution is 6.32. The number of hydrogen-bond acceptors (Lipinski definition) is 4. The summed E-state index contributed by atoms with van der Waals surface area (Å²) in [7, 11) is 1.62. The van der Waals surface area contributed by atoms with Crippen LogP contribution in [0, 0.1) is 5.92 Å². The fourth-order valence-corrected chi connectivity index (χ4v) is 3.35. The molecule has 124 valence electrons. The molecule has 1 fully saturated rings. The Kier molecular flexibility index (Phi) is 6.36. The lowest BCUT2D eigenvalue weighted by molar-refractivity contribution is 0.0290. The van der Waals surface area contributed by atoms with Crippen LogP contribution in [-0.2, 0) is 6.42 Å². The lowest BCUT2D eigenvalue weighted by Crippen LogP contribution is -2.43. The summed E-state index contributed by atoms with van der Waals surface area (Å²) in [6, 6.07) is 3.89. The number of halogens is 1. The molecule has 0 spiro atoms. The van der Waals surface area contributed by atoms with Crippen molar-refractivity contribution in [2.24, 2.45) is 5.92 Å². The van der Waals surface area contributed by atoms with Gasteiger partial charge in [0.2, 0.25) is 0 Å². The molecule has 0 aliphatic carbocycles. The van der Waals surface area contributed by atoms with E-state index in [-0.39, 0.29) is 12.0 Å². The molecule has 0 saturated carbocycles. The third-order valence-electron chi connectivity index (χ3n) is 4.30. The van der Waals surface area contributed by atoms with Crippen molar-refractivity contribution >= 4 is 11.6 Å². The Balaban J connectivity index is 2.16. The van der Waals surface area contributed by atoms with Crippen molar-refractivity contribution in [3.05, 3.63) is 22.7 Å². The van der Waals surface area contributed by atoms with Gasteiger partial charge in [0, 0.05) is 19.0 Å². The summed E-state index contributed by atoms with van der Waals surface area (Å²) < 4.78 is 10.9. The molecule has 0 radical (unpaired) electrons. The van der Waals surface area contributed by atoms with Gasteiger partial charge in [-0.1, -0.05) is 18.5 Å². The van der Waals surface area contributed by atoms with Gasteiger partial charge in [-0.25, -0.2) is 0 Å². The SMILES string of the molecule is CCOc1c(Cl)cc(CC2CN(CC)CCC2O)cc1OC. The molecule has 2 atom stereocenters. The molecule has 1 aliphatic rings. The second-order valence-corrected chi connectivity index (χ2v) is 6.16. The first-order chi connectivity index (χ1) is 10.6. The summed E-state index contributed by atoms with van der Waals surface area (Å²) in [5.74, 6) is 1.48. The number of aliphatic hydroxyl groups is 1. The van der Waals surface area contributed by atoms with Gasteiger partial charge in [-0.3, -0.25) is 0 Å². The first-order valence-corrected chi connectivity index (χ1v) is 8.36. The molecule has 0 amide bonds. The summed E-state index contributed by atoms with van der Waals surface area (Å²) in [6.45, 7) is 7.54. The number of likely N-dealkylation sites (tertiary alicyclic amines) is 1. The van der Waals surface area contributed by atoms with Crippen LogP contribution in [0.1, 0.15) is 25.8 Å². The first-order valence-electron chi connectivity index (χ1n) is 7.98. The zero-order chi connectivity index (χ0) is 16.1. The number of methoxy groups -OCH3 is 1. The molecule has 1 heterocycles. The number of nitrogens with zero attached hydrogens (tertiary/aromatic N) is 1. The highest BCUT2D eigenvalue weighted by Gasteiger charge is 2.27. The maximum absolute atomic E-state index is 10.3. The van der Waals surface area contributed by atoms with E-state index < -0.39 is 0 Å². The van der Waals surface area contributed by atoms with E-state index in [2.05, 4.69) is 11.8 Å². The topological polar surface area (TPSA) is 41.9 Å². The minimum Gasteiger partial charge on any atom is -0.493 e. The third kappa shape index (κ3) is 4.06. The van der Waals surface area contributed by atoms with Crippen LogP contribution in [0.2, 0.25) is 5.02 Å². The maximum atomic E-state index is 10.3.